The van der Waals surface area contributed by atoms with Crippen LogP contribution in [0.3, 0.4) is 0 Å². The lowest BCUT2D eigenvalue weighted by molar-refractivity contribution is -0.117. The first-order chi connectivity index (χ1) is 8.02. The van der Waals surface area contributed by atoms with E-state index in [1.54, 1.807) is 24.8 Å². The highest BCUT2D eigenvalue weighted by atomic mass is 32.2. The predicted octanol–water partition coefficient (Wildman–Crippen LogP) is 2.15. The van der Waals surface area contributed by atoms with Crippen molar-refractivity contribution >= 4 is 23.4 Å². The number of amides is 1. The van der Waals surface area contributed by atoms with Crippen molar-refractivity contribution in [2.45, 2.75) is 19.4 Å². The van der Waals surface area contributed by atoms with E-state index in [1.165, 1.54) is 12.1 Å². The van der Waals surface area contributed by atoms with Gasteiger partial charge in [-0.3, -0.25) is 4.79 Å². The van der Waals surface area contributed by atoms with Gasteiger partial charge in [0.15, 0.2) is 0 Å². The smallest absolute Gasteiger partial charge is 0.241 e. The van der Waals surface area contributed by atoms with Gasteiger partial charge in [-0.05, 0) is 49.1 Å². The van der Waals surface area contributed by atoms with Crippen molar-refractivity contribution in [2.24, 2.45) is 5.73 Å². The lowest BCUT2D eigenvalue weighted by Crippen LogP contribution is -2.36. The highest BCUT2D eigenvalue weighted by molar-refractivity contribution is 7.98. The number of carbonyl (C=O) groups is 1. The van der Waals surface area contributed by atoms with Crippen molar-refractivity contribution in [3.8, 4) is 0 Å². The molecular weight excluding hydrogens is 239 g/mol. The number of benzene rings is 1. The van der Waals surface area contributed by atoms with Gasteiger partial charge in [-0.2, -0.15) is 11.8 Å². The average Bonchev–Trinajstić information content (AvgIpc) is 2.24. The molecule has 17 heavy (non-hydrogen) atoms. The van der Waals surface area contributed by atoms with Crippen LogP contribution in [0, 0.1) is 12.7 Å². The molecule has 1 rings (SSSR count). The number of halogens is 1. The quantitative estimate of drug-likeness (QED) is 0.848. The van der Waals surface area contributed by atoms with Crippen LogP contribution in [0.25, 0.3) is 0 Å². The SMILES string of the molecule is CSCC[C@@H](N)C(=O)Nc1cc(C)cc(F)c1. The number of aryl methyl sites for hydroxylation is 1. The average molecular weight is 256 g/mol. The third-order valence-electron chi connectivity index (χ3n) is 2.28. The van der Waals surface area contributed by atoms with Gasteiger partial charge >= 0.3 is 0 Å². The molecule has 0 heterocycles. The van der Waals surface area contributed by atoms with Crippen molar-refractivity contribution in [1.29, 1.82) is 0 Å². The number of rotatable bonds is 5. The topological polar surface area (TPSA) is 55.1 Å². The summed E-state index contributed by atoms with van der Waals surface area (Å²) >= 11 is 1.64. The first kappa shape index (κ1) is 14.0. The molecule has 0 spiro atoms. The molecular formula is C12H17FN2OS. The Labute approximate surface area is 105 Å². The molecule has 0 saturated heterocycles. The standard InChI is InChI=1S/C12H17FN2OS/c1-8-5-9(13)7-10(6-8)15-12(16)11(14)3-4-17-2/h5-7,11H,3-4,14H2,1-2H3,(H,15,16)/t11-/m1/s1. The second kappa shape index (κ2) is 6.61. The van der Waals surface area contributed by atoms with Crippen LogP contribution in [0.2, 0.25) is 0 Å². The van der Waals surface area contributed by atoms with Gasteiger partial charge in [0, 0.05) is 5.69 Å². The van der Waals surface area contributed by atoms with Crippen LogP contribution in [0.1, 0.15) is 12.0 Å². The van der Waals surface area contributed by atoms with E-state index in [0.29, 0.717) is 12.1 Å². The van der Waals surface area contributed by atoms with Crippen LogP contribution in [-0.4, -0.2) is 24.0 Å². The molecule has 0 fully saturated rings. The van der Waals surface area contributed by atoms with E-state index in [1.807, 2.05) is 6.26 Å². The van der Waals surface area contributed by atoms with Gasteiger partial charge in [0.25, 0.3) is 0 Å². The Morgan fingerprint density at radius 2 is 2.24 bits per heavy atom. The number of carbonyl (C=O) groups excluding carboxylic acids is 1. The molecule has 3 N–H and O–H groups in total. The molecule has 0 aliphatic carbocycles. The largest absolute Gasteiger partial charge is 0.325 e. The Bertz CT molecular complexity index is 378. The summed E-state index contributed by atoms with van der Waals surface area (Å²) in [5.41, 5.74) is 6.92. The van der Waals surface area contributed by atoms with E-state index in [9.17, 15) is 9.18 Å². The van der Waals surface area contributed by atoms with E-state index in [4.69, 9.17) is 5.73 Å². The Hall–Kier alpha value is -1.07. The van der Waals surface area contributed by atoms with Gasteiger partial charge in [0.1, 0.15) is 5.82 Å². The molecule has 1 aromatic rings. The summed E-state index contributed by atoms with van der Waals surface area (Å²) in [7, 11) is 0. The predicted molar refractivity (Wildman–Crippen MR) is 70.7 cm³/mol. The summed E-state index contributed by atoms with van der Waals surface area (Å²) in [4.78, 5) is 11.7. The normalized spacial score (nSPS) is 12.2. The number of hydrogen-bond acceptors (Lipinski definition) is 3. The first-order valence-corrected chi connectivity index (χ1v) is 6.75. The van der Waals surface area contributed by atoms with E-state index in [2.05, 4.69) is 5.32 Å². The van der Waals surface area contributed by atoms with E-state index in [-0.39, 0.29) is 11.7 Å². The Balaban J connectivity index is 2.61. The molecule has 94 valence electrons. The lowest BCUT2D eigenvalue weighted by atomic mass is 10.2. The first-order valence-electron chi connectivity index (χ1n) is 5.35. The Morgan fingerprint density at radius 3 is 2.82 bits per heavy atom. The zero-order valence-electron chi connectivity index (χ0n) is 10.00. The Morgan fingerprint density at radius 1 is 1.53 bits per heavy atom. The molecule has 0 saturated carbocycles. The van der Waals surface area contributed by atoms with E-state index in [0.717, 1.165) is 11.3 Å². The van der Waals surface area contributed by atoms with Gasteiger partial charge in [-0.15, -0.1) is 0 Å². The lowest BCUT2D eigenvalue weighted by Gasteiger charge is -2.12. The maximum Gasteiger partial charge on any atom is 0.241 e. The molecule has 0 bridgehead atoms. The highest BCUT2D eigenvalue weighted by Gasteiger charge is 2.13. The molecule has 0 aliphatic heterocycles. The molecule has 1 aromatic carbocycles. The van der Waals surface area contributed by atoms with Gasteiger partial charge in [-0.25, -0.2) is 4.39 Å². The van der Waals surface area contributed by atoms with Crippen LogP contribution >= 0.6 is 11.8 Å². The van der Waals surface area contributed by atoms with E-state index < -0.39 is 6.04 Å². The summed E-state index contributed by atoms with van der Waals surface area (Å²) in [5.74, 6) is 0.193. The molecule has 3 nitrogen and oxygen atoms in total. The van der Waals surface area contributed by atoms with Crippen LogP contribution in [0.15, 0.2) is 18.2 Å². The molecule has 5 heteroatoms. The van der Waals surface area contributed by atoms with Gasteiger partial charge < -0.3 is 11.1 Å². The number of hydrogen-bond donors (Lipinski definition) is 2. The Kier molecular flexibility index (Phi) is 5.44. The molecule has 1 amide bonds. The summed E-state index contributed by atoms with van der Waals surface area (Å²) in [5, 5.41) is 2.62. The van der Waals surface area contributed by atoms with Crippen LogP contribution in [-0.2, 0) is 4.79 Å². The monoisotopic (exact) mass is 256 g/mol. The summed E-state index contributed by atoms with van der Waals surface area (Å²) in [6.45, 7) is 1.77. The summed E-state index contributed by atoms with van der Waals surface area (Å²) in [6, 6.07) is 3.85. The molecule has 1 atom stereocenters. The summed E-state index contributed by atoms with van der Waals surface area (Å²) in [6.07, 6.45) is 2.57. The fraction of sp³-hybridized carbons (Fsp3) is 0.417. The number of nitrogens with one attached hydrogen (secondary N) is 1. The van der Waals surface area contributed by atoms with Gasteiger partial charge in [-0.1, -0.05) is 0 Å². The highest BCUT2D eigenvalue weighted by Crippen LogP contribution is 2.13. The third kappa shape index (κ3) is 4.75. The van der Waals surface area contributed by atoms with Crippen LogP contribution in [0.4, 0.5) is 10.1 Å². The van der Waals surface area contributed by atoms with E-state index >= 15 is 0 Å². The third-order valence-corrected chi connectivity index (χ3v) is 2.92. The number of anilines is 1. The van der Waals surface area contributed by atoms with Crippen molar-refractivity contribution in [3.05, 3.63) is 29.6 Å². The minimum absolute atomic E-state index is 0.274. The molecule has 0 aromatic heterocycles. The second-order valence-corrected chi connectivity index (χ2v) is 4.88. The van der Waals surface area contributed by atoms with Crippen LogP contribution in [0.5, 0.6) is 0 Å². The maximum atomic E-state index is 13.1. The number of thioether (sulfide) groups is 1. The fourth-order valence-electron chi connectivity index (χ4n) is 1.42. The van der Waals surface area contributed by atoms with Crippen molar-refractivity contribution in [2.75, 3.05) is 17.3 Å². The molecule has 0 radical (unpaired) electrons. The van der Waals surface area contributed by atoms with Gasteiger partial charge in [0.2, 0.25) is 5.91 Å². The van der Waals surface area contributed by atoms with Gasteiger partial charge in [0.05, 0.1) is 6.04 Å². The number of nitrogens with two attached hydrogens (primary N) is 1. The van der Waals surface area contributed by atoms with Crippen LogP contribution < -0.4 is 11.1 Å². The zero-order valence-corrected chi connectivity index (χ0v) is 10.8. The minimum Gasteiger partial charge on any atom is -0.325 e. The molecule has 0 unspecified atom stereocenters. The fourth-order valence-corrected chi connectivity index (χ4v) is 1.91. The minimum atomic E-state index is -0.550. The summed E-state index contributed by atoms with van der Waals surface area (Å²) < 4.78 is 13.1. The van der Waals surface area contributed by atoms with Crippen molar-refractivity contribution < 1.29 is 9.18 Å². The zero-order chi connectivity index (χ0) is 12.8. The van der Waals surface area contributed by atoms with Crippen molar-refractivity contribution in [3.63, 3.8) is 0 Å². The molecule has 0 aliphatic rings. The van der Waals surface area contributed by atoms with Crippen molar-refractivity contribution in [1.82, 2.24) is 0 Å². The maximum absolute atomic E-state index is 13.1. The second-order valence-electron chi connectivity index (χ2n) is 3.89.